The first-order valence-corrected chi connectivity index (χ1v) is 9.26. The Morgan fingerprint density at radius 1 is 1.18 bits per heavy atom. The van der Waals surface area contributed by atoms with E-state index in [-0.39, 0.29) is 5.91 Å². The van der Waals surface area contributed by atoms with Crippen molar-refractivity contribution < 1.29 is 4.79 Å². The van der Waals surface area contributed by atoms with Crippen LogP contribution in [0.4, 0.5) is 5.69 Å². The maximum atomic E-state index is 12.9. The third kappa shape index (κ3) is 3.38. The van der Waals surface area contributed by atoms with Gasteiger partial charge in [0.2, 0.25) is 0 Å². The van der Waals surface area contributed by atoms with Crippen LogP contribution in [-0.4, -0.2) is 30.7 Å². The molecule has 28 heavy (non-hydrogen) atoms. The first-order valence-electron chi connectivity index (χ1n) is 9.26. The number of aromatic nitrogens is 5. The van der Waals surface area contributed by atoms with Gasteiger partial charge in [-0.05, 0) is 59.2 Å². The summed E-state index contributed by atoms with van der Waals surface area (Å²) >= 11 is 0. The molecule has 0 unspecified atom stereocenters. The normalized spacial score (nSPS) is 11.3. The minimum atomic E-state index is -0.168. The molecule has 0 saturated carbocycles. The molecule has 142 valence electrons. The minimum Gasteiger partial charge on any atom is -0.347 e. The number of aryl methyl sites for hydroxylation is 1. The first kappa shape index (κ1) is 17.9. The van der Waals surface area contributed by atoms with E-state index in [2.05, 4.69) is 57.6 Å². The molecule has 0 radical (unpaired) electrons. The Kier molecular flexibility index (Phi) is 4.65. The highest BCUT2D eigenvalue weighted by Crippen LogP contribution is 2.26. The summed E-state index contributed by atoms with van der Waals surface area (Å²) in [5.41, 5.74) is 4.23. The molecule has 0 bridgehead atoms. The number of benzene rings is 2. The molecular weight excluding hydrogens is 352 g/mol. The van der Waals surface area contributed by atoms with E-state index in [1.54, 1.807) is 10.7 Å². The summed E-state index contributed by atoms with van der Waals surface area (Å²) in [6, 6.07) is 13.5. The summed E-state index contributed by atoms with van der Waals surface area (Å²) in [7, 11) is 0. The van der Waals surface area contributed by atoms with Gasteiger partial charge < -0.3 is 9.88 Å². The second-order valence-electron chi connectivity index (χ2n) is 7.31. The Hall–Kier alpha value is -3.48. The van der Waals surface area contributed by atoms with Crippen LogP contribution in [0, 0.1) is 12.8 Å². The summed E-state index contributed by atoms with van der Waals surface area (Å²) in [6.07, 6.45) is 3.59. The number of hydrogen-bond acceptors (Lipinski definition) is 4. The third-order valence-electron chi connectivity index (χ3n) is 4.69. The number of carbonyl (C=O) groups excluding carboxylic acids is 1. The number of rotatable bonds is 5. The molecule has 1 N–H and O–H groups in total. The van der Waals surface area contributed by atoms with Crippen LogP contribution in [0.25, 0.3) is 16.6 Å². The number of carbonyl (C=O) groups is 1. The fraction of sp³-hybridized carbons (Fsp3) is 0.238. The van der Waals surface area contributed by atoms with Crippen molar-refractivity contribution in [1.29, 1.82) is 0 Å². The van der Waals surface area contributed by atoms with Gasteiger partial charge in [-0.2, -0.15) is 0 Å². The van der Waals surface area contributed by atoms with Gasteiger partial charge >= 0.3 is 0 Å². The van der Waals surface area contributed by atoms with Crippen LogP contribution >= 0.6 is 0 Å². The van der Waals surface area contributed by atoms with Gasteiger partial charge in [0.1, 0.15) is 6.33 Å². The second kappa shape index (κ2) is 7.26. The Balaban J connectivity index is 1.64. The summed E-state index contributed by atoms with van der Waals surface area (Å²) in [5.74, 6) is 0.379. The summed E-state index contributed by atoms with van der Waals surface area (Å²) < 4.78 is 3.77. The predicted molar refractivity (Wildman–Crippen MR) is 109 cm³/mol. The minimum absolute atomic E-state index is 0.168. The number of hydrogen-bond donors (Lipinski definition) is 1. The van der Waals surface area contributed by atoms with Crippen LogP contribution < -0.4 is 5.32 Å². The van der Waals surface area contributed by atoms with E-state index in [0.29, 0.717) is 11.5 Å². The molecule has 7 nitrogen and oxygen atoms in total. The lowest BCUT2D eigenvalue weighted by Gasteiger charge is -2.11. The average molecular weight is 374 g/mol. The molecule has 0 saturated heterocycles. The first-order chi connectivity index (χ1) is 13.5. The molecule has 1 amide bonds. The lowest BCUT2D eigenvalue weighted by atomic mass is 10.1. The molecular formula is C21H22N6O. The van der Waals surface area contributed by atoms with Crippen LogP contribution in [0.5, 0.6) is 0 Å². The molecule has 0 fully saturated rings. The molecule has 0 atom stereocenters. The van der Waals surface area contributed by atoms with Gasteiger partial charge in [-0.25, -0.2) is 4.68 Å². The summed E-state index contributed by atoms with van der Waals surface area (Å²) in [5, 5.41) is 15.3. The molecule has 0 aliphatic heterocycles. The summed E-state index contributed by atoms with van der Waals surface area (Å²) in [6.45, 7) is 7.28. The van der Waals surface area contributed by atoms with Crippen LogP contribution in [0.1, 0.15) is 29.8 Å². The molecule has 7 heteroatoms. The SMILES string of the molecule is Cc1ccc(C(=O)Nc2cccc3c2ccn3CC(C)C)cc1-n1cnnn1. The van der Waals surface area contributed by atoms with Crippen molar-refractivity contribution >= 4 is 22.5 Å². The van der Waals surface area contributed by atoms with Crippen LogP contribution in [0.2, 0.25) is 0 Å². The van der Waals surface area contributed by atoms with Gasteiger partial charge in [0.05, 0.1) is 16.9 Å². The maximum absolute atomic E-state index is 12.9. The van der Waals surface area contributed by atoms with Crippen molar-refractivity contribution in [2.45, 2.75) is 27.3 Å². The quantitative estimate of drug-likeness (QED) is 0.576. The van der Waals surface area contributed by atoms with Crippen molar-refractivity contribution in [3.8, 4) is 5.69 Å². The van der Waals surface area contributed by atoms with Crippen molar-refractivity contribution in [2.24, 2.45) is 5.92 Å². The topological polar surface area (TPSA) is 77.6 Å². The Morgan fingerprint density at radius 3 is 2.79 bits per heavy atom. The van der Waals surface area contributed by atoms with Gasteiger partial charge in [-0.3, -0.25) is 4.79 Å². The number of anilines is 1. The Labute approximate surface area is 163 Å². The van der Waals surface area contributed by atoms with Gasteiger partial charge in [-0.1, -0.05) is 26.0 Å². The highest BCUT2D eigenvalue weighted by atomic mass is 16.1. The van der Waals surface area contributed by atoms with E-state index < -0.39 is 0 Å². The highest BCUT2D eigenvalue weighted by Gasteiger charge is 2.13. The molecule has 2 aromatic carbocycles. The molecule has 0 aliphatic carbocycles. The number of nitrogens with one attached hydrogen (secondary N) is 1. The zero-order valence-electron chi connectivity index (χ0n) is 16.1. The fourth-order valence-corrected chi connectivity index (χ4v) is 3.35. The van der Waals surface area contributed by atoms with Crippen LogP contribution in [0.15, 0.2) is 55.0 Å². The van der Waals surface area contributed by atoms with Gasteiger partial charge in [0.25, 0.3) is 5.91 Å². The summed E-state index contributed by atoms with van der Waals surface area (Å²) in [4.78, 5) is 12.9. The maximum Gasteiger partial charge on any atom is 0.255 e. The van der Waals surface area contributed by atoms with Crippen LogP contribution in [0.3, 0.4) is 0 Å². The van der Waals surface area contributed by atoms with Crippen molar-refractivity contribution in [3.05, 3.63) is 66.1 Å². The molecule has 0 spiro atoms. The fourth-order valence-electron chi connectivity index (χ4n) is 3.35. The lowest BCUT2D eigenvalue weighted by Crippen LogP contribution is -2.13. The Morgan fingerprint density at radius 2 is 2.04 bits per heavy atom. The number of amides is 1. The third-order valence-corrected chi connectivity index (χ3v) is 4.69. The second-order valence-corrected chi connectivity index (χ2v) is 7.31. The largest absolute Gasteiger partial charge is 0.347 e. The van der Waals surface area contributed by atoms with Crippen molar-refractivity contribution in [1.82, 2.24) is 24.8 Å². The smallest absolute Gasteiger partial charge is 0.255 e. The molecule has 0 aliphatic rings. The average Bonchev–Trinajstić information content (AvgIpc) is 3.33. The van der Waals surface area contributed by atoms with Crippen LogP contribution in [-0.2, 0) is 6.54 Å². The standard InChI is InChI=1S/C21H22N6O/c1-14(2)12-26-10-9-17-18(5-4-6-19(17)26)23-21(28)16-8-7-15(3)20(11-16)27-13-22-24-25-27/h4-11,13-14H,12H2,1-3H3,(H,23,28). The zero-order valence-corrected chi connectivity index (χ0v) is 16.1. The van der Waals surface area contributed by atoms with Crippen molar-refractivity contribution in [2.75, 3.05) is 5.32 Å². The zero-order chi connectivity index (χ0) is 19.7. The molecule has 4 aromatic rings. The predicted octanol–water partition coefficient (Wildman–Crippen LogP) is 3.83. The monoisotopic (exact) mass is 374 g/mol. The van der Waals surface area contributed by atoms with E-state index in [1.807, 2.05) is 31.2 Å². The Bertz CT molecular complexity index is 1130. The van der Waals surface area contributed by atoms with E-state index in [9.17, 15) is 4.79 Å². The molecule has 2 aromatic heterocycles. The van der Waals surface area contributed by atoms with Crippen molar-refractivity contribution in [3.63, 3.8) is 0 Å². The van der Waals surface area contributed by atoms with E-state index in [1.165, 1.54) is 6.33 Å². The van der Waals surface area contributed by atoms with E-state index in [4.69, 9.17) is 0 Å². The van der Waals surface area contributed by atoms with Gasteiger partial charge in [0, 0.05) is 23.7 Å². The molecule has 2 heterocycles. The number of nitrogens with zero attached hydrogens (tertiary/aromatic N) is 5. The lowest BCUT2D eigenvalue weighted by molar-refractivity contribution is 0.102. The number of tetrazole rings is 1. The van der Waals surface area contributed by atoms with Gasteiger partial charge in [-0.15, -0.1) is 5.10 Å². The van der Waals surface area contributed by atoms with E-state index in [0.717, 1.165) is 34.4 Å². The molecule has 4 rings (SSSR count). The van der Waals surface area contributed by atoms with Gasteiger partial charge in [0.15, 0.2) is 0 Å². The highest BCUT2D eigenvalue weighted by molar-refractivity contribution is 6.09. The van der Waals surface area contributed by atoms with E-state index >= 15 is 0 Å². The number of fused-ring (bicyclic) bond motifs is 1.